The van der Waals surface area contributed by atoms with Gasteiger partial charge in [0.25, 0.3) is 0 Å². The van der Waals surface area contributed by atoms with Gasteiger partial charge in [0, 0.05) is 19.3 Å². The first-order chi connectivity index (χ1) is 7.68. The van der Waals surface area contributed by atoms with Crippen LogP contribution in [0.2, 0.25) is 0 Å². The molecule has 1 aliphatic heterocycles. The molecule has 0 amide bonds. The molecule has 1 atom stereocenters. The van der Waals surface area contributed by atoms with Gasteiger partial charge in [0.15, 0.2) is 11.6 Å². The third-order valence-electron chi connectivity index (χ3n) is 2.81. The zero-order valence-corrected chi connectivity index (χ0v) is 8.77. The lowest BCUT2D eigenvalue weighted by atomic mass is 9.98. The first kappa shape index (κ1) is 10.9. The zero-order chi connectivity index (χ0) is 11.5. The van der Waals surface area contributed by atoms with Crippen LogP contribution in [0.3, 0.4) is 0 Å². The molecule has 0 aliphatic carbocycles. The molecule has 16 heavy (non-hydrogen) atoms. The van der Waals surface area contributed by atoms with Crippen molar-refractivity contribution in [3.05, 3.63) is 24.1 Å². The van der Waals surface area contributed by atoms with Crippen LogP contribution in [0.4, 0.5) is 10.2 Å². The highest BCUT2D eigenvalue weighted by Crippen LogP contribution is 2.23. The number of aliphatic carboxylic acids is 1. The van der Waals surface area contributed by atoms with Crippen molar-refractivity contribution in [1.82, 2.24) is 4.98 Å². The summed E-state index contributed by atoms with van der Waals surface area (Å²) in [5.41, 5.74) is 0. The van der Waals surface area contributed by atoms with E-state index in [1.54, 1.807) is 4.90 Å². The number of nitrogens with zero attached hydrogens (tertiary/aromatic N) is 2. The summed E-state index contributed by atoms with van der Waals surface area (Å²) in [7, 11) is 0. The Balaban J connectivity index is 2.16. The fraction of sp³-hybridized carbons (Fsp3) is 0.455. The number of rotatable bonds is 2. The SMILES string of the molecule is O=C(O)C1CCCN(c2ncccc2F)C1. The van der Waals surface area contributed by atoms with Gasteiger partial charge in [0.05, 0.1) is 5.92 Å². The van der Waals surface area contributed by atoms with Crippen molar-refractivity contribution >= 4 is 11.8 Å². The summed E-state index contributed by atoms with van der Waals surface area (Å²) in [6.07, 6.45) is 2.93. The number of halogens is 1. The molecule has 1 aromatic rings. The predicted octanol–water partition coefficient (Wildman–Crippen LogP) is 1.52. The molecule has 1 aromatic heterocycles. The molecule has 1 aliphatic rings. The second-order valence-corrected chi connectivity index (χ2v) is 3.93. The minimum Gasteiger partial charge on any atom is -0.481 e. The van der Waals surface area contributed by atoms with E-state index in [9.17, 15) is 9.18 Å². The zero-order valence-electron chi connectivity index (χ0n) is 8.77. The lowest BCUT2D eigenvalue weighted by Gasteiger charge is -2.31. The highest BCUT2D eigenvalue weighted by Gasteiger charge is 2.27. The van der Waals surface area contributed by atoms with Crippen molar-refractivity contribution in [2.45, 2.75) is 12.8 Å². The molecule has 0 saturated carbocycles. The minimum absolute atomic E-state index is 0.258. The van der Waals surface area contributed by atoms with E-state index in [0.717, 1.165) is 6.42 Å². The maximum absolute atomic E-state index is 13.5. The van der Waals surface area contributed by atoms with Crippen molar-refractivity contribution in [3.63, 3.8) is 0 Å². The molecule has 0 radical (unpaired) electrons. The van der Waals surface area contributed by atoms with E-state index < -0.39 is 17.7 Å². The summed E-state index contributed by atoms with van der Waals surface area (Å²) >= 11 is 0. The van der Waals surface area contributed by atoms with Gasteiger partial charge in [-0.2, -0.15) is 0 Å². The number of pyridine rings is 1. The van der Waals surface area contributed by atoms with Crippen LogP contribution in [0.25, 0.3) is 0 Å². The van der Waals surface area contributed by atoms with Gasteiger partial charge in [-0.15, -0.1) is 0 Å². The first-order valence-corrected chi connectivity index (χ1v) is 5.27. The molecule has 2 rings (SSSR count). The summed E-state index contributed by atoms with van der Waals surface area (Å²) in [5.74, 6) is -1.38. The van der Waals surface area contributed by atoms with E-state index in [4.69, 9.17) is 5.11 Å². The molecular formula is C11H13FN2O2. The number of piperidine rings is 1. The molecular weight excluding hydrogens is 211 g/mol. The Hall–Kier alpha value is -1.65. The summed E-state index contributed by atoms with van der Waals surface area (Å²) in [6, 6.07) is 2.87. The smallest absolute Gasteiger partial charge is 0.308 e. The van der Waals surface area contributed by atoms with Crippen molar-refractivity contribution < 1.29 is 14.3 Å². The van der Waals surface area contributed by atoms with E-state index in [0.29, 0.717) is 19.5 Å². The second-order valence-electron chi connectivity index (χ2n) is 3.93. The summed E-state index contributed by atoms with van der Waals surface area (Å²) in [5, 5.41) is 8.93. The maximum atomic E-state index is 13.5. The quantitative estimate of drug-likeness (QED) is 0.827. The van der Waals surface area contributed by atoms with Crippen LogP contribution in [-0.2, 0) is 4.79 Å². The highest BCUT2D eigenvalue weighted by molar-refractivity contribution is 5.71. The molecule has 0 spiro atoms. The molecule has 4 nitrogen and oxygen atoms in total. The average molecular weight is 224 g/mol. The molecule has 1 saturated heterocycles. The summed E-state index contributed by atoms with van der Waals surface area (Å²) < 4.78 is 13.5. The van der Waals surface area contributed by atoms with Gasteiger partial charge in [-0.05, 0) is 25.0 Å². The Morgan fingerprint density at radius 2 is 2.44 bits per heavy atom. The highest BCUT2D eigenvalue weighted by atomic mass is 19.1. The first-order valence-electron chi connectivity index (χ1n) is 5.27. The molecule has 1 fully saturated rings. The molecule has 86 valence electrons. The van der Waals surface area contributed by atoms with Crippen molar-refractivity contribution in [2.24, 2.45) is 5.92 Å². The van der Waals surface area contributed by atoms with Crippen molar-refractivity contribution in [3.8, 4) is 0 Å². The van der Waals surface area contributed by atoms with Crippen LogP contribution in [0.5, 0.6) is 0 Å². The molecule has 0 aromatic carbocycles. The predicted molar refractivity (Wildman–Crippen MR) is 56.8 cm³/mol. The van der Waals surface area contributed by atoms with Gasteiger partial charge in [0.1, 0.15) is 0 Å². The minimum atomic E-state index is -0.818. The van der Waals surface area contributed by atoms with Gasteiger partial charge in [-0.3, -0.25) is 4.79 Å². The number of hydrogen-bond donors (Lipinski definition) is 1. The summed E-state index contributed by atoms with van der Waals surface area (Å²) in [4.78, 5) is 16.5. The monoisotopic (exact) mass is 224 g/mol. The van der Waals surface area contributed by atoms with Gasteiger partial charge in [-0.1, -0.05) is 0 Å². The topological polar surface area (TPSA) is 53.4 Å². The Kier molecular flexibility index (Phi) is 3.03. The second kappa shape index (κ2) is 4.47. The van der Waals surface area contributed by atoms with E-state index >= 15 is 0 Å². The van der Waals surface area contributed by atoms with Crippen LogP contribution in [0, 0.1) is 11.7 Å². The molecule has 1 N–H and O–H groups in total. The fourth-order valence-electron chi connectivity index (χ4n) is 1.98. The largest absolute Gasteiger partial charge is 0.481 e. The molecule has 5 heteroatoms. The standard InChI is InChI=1S/C11H13FN2O2/c12-9-4-1-5-13-10(9)14-6-2-3-8(7-14)11(15)16/h1,4-5,8H,2-3,6-7H2,(H,15,16). The van der Waals surface area contributed by atoms with Crippen LogP contribution in [-0.4, -0.2) is 29.1 Å². The Bertz CT molecular complexity index is 397. The van der Waals surface area contributed by atoms with E-state index in [1.165, 1.54) is 18.3 Å². The Morgan fingerprint density at radius 1 is 1.62 bits per heavy atom. The lowest BCUT2D eigenvalue weighted by molar-refractivity contribution is -0.141. The molecule has 0 bridgehead atoms. The van der Waals surface area contributed by atoms with Gasteiger partial charge < -0.3 is 10.0 Å². The number of carboxylic acid groups (broad SMARTS) is 1. The number of carboxylic acids is 1. The van der Waals surface area contributed by atoms with Gasteiger partial charge in [-0.25, -0.2) is 9.37 Å². The normalized spacial score (nSPS) is 20.8. The van der Waals surface area contributed by atoms with Gasteiger partial charge in [0.2, 0.25) is 0 Å². The maximum Gasteiger partial charge on any atom is 0.308 e. The number of hydrogen-bond acceptors (Lipinski definition) is 3. The fourth-order valence-corrected chi connectivity index (χ4v) is 1.98. The summed E-state index contributed by atoms with van der Waals surface area (Å²) in [6.45, 7) is 1.00. The van der Waals surface area contributed by atoms with Crippen LogP contribution >= 0.6 is 0 Å². The molecule has 1 unspecified atom stereocenters. The number of carbonyl (C=O) groups is 1. The average Bonchev–Trinajstić information content (AvgIpc) is 2.30. The van der Waals surface area contributed by atoms with E-state index in [1.807, 2.05) is 0 Å². The Labute approximate surface area is 92.7 Å². The van der Waals surface area contributed by atoms with E-state index in [2.05, 4.69) is 4.98 Å². The number of aromatic nitrogens is 1. The van der Waals surface area contributed by atoms with Gasteiger partial charge >= 0.3 is 5.97 Å². The lowest BCUT2D eigenvalue weighted by Crippen LogP contribution is -2.39. The van der Waals surface area contributed by atoms with Crippen LogP contribution < -0.4 is 4.90 Å². The molecule has 2 heterocycles. The van der Waals surface area contributed by atoms with Crippen molar-refractivity contribution in [2.75, 3.05) is 18.0 Å². The van der Waals surface area contributed by atoms with Crippen molar-refractivity contribution in [1.29, 1.82) is 0 Å². The third kappa shape index (κ3) is 2.13. The Morgan fingerprint density at radius 3 is 3.12 bits per heavy atom. The number of anilines is 1. The van der Waals surface area contributed by atoms with Crippen LogP contribution in [0.15, 0.2) is 18.3 Å². The van der Waals surface area contributed by atoms with E-state index in [-0.39, 0.29) is 5.82 Å². The third-order valence-corrected chi connectivity index (χ3v) is 2.81. The van der Waals surface area contributed by atoms with Crippen LogP contribution in [0.1, 0.15) is 12.8 Å².